The first-order chi connectivity index (χ1) is 5.27. The minimum Gasteiger partial charge on any atom is -0.469 e. The fourth-order valence-corrected chi connectivity index (χ4v) is 1.46. The molecule has 2 nitrogen and oxygen atoms in total. The lowest BCUT2D eigenvalue weighted by Crippen LogP contribution is -2.28. The molecule has 1 aromatic heterocycles. The summed E-state index contributed by atoms with van der Waals surface area (Å²) in [4.78, 5) is 0. The maximum Gasteiger partial charge on any atom is 0.109 e. The molecule has 1 aromatic rings. The fraction of sp³-hybridized carbons (Fsp3) is 0.556. The first-order valence-corrected chi connectivity index (χ1v) is 4.00. The average molecular weight is 152 g/mol. The van der Waals surface area contributed by atoms with Crippen LogP contribution in [-0.4, -0.2) is 11.2 Å². The molecule has 0 radical (unpaired) electrons. The molecule has 60 valence electrons. The van der Waals surface area contributed by atoms with Gasteiger partial charge in [-0.25, -0.2) is 0 Å². The van der Waals surface area contributed by atoms with Crippen LogP contribution >= 0.6 is 0 Å². The topological polar surface area (TPSA) is 33.4 Å². The summed E-state index contributed by atoms with van der Waals surface area (Å²) in [5, 5.41) is 9.31. The van der Waals surface area contributed by atoms with Crippen LogP contribution in [-0.2, 0) is 0 Å². The van der Waals surface area contributed by atoms with Gasteiger partial charge in [-0.1, -0.05) is 0 Å². The molecule has 0 aliphatic heterocycles. The molecule has 1 saturated carbocycles. The molecule has 2 unspecified atom stereocenters. The van der Waals surface area contributed by atoms with Gasteiger partial charge in [0.1, 0.15) is 5.76 Å². The molecular weight excluding hydrogens is 140 g/mol. The number of aryl methyl sites for hydroxylation is 1. The Hall–Kier alpha value is -0.760. The number of aliphatic hydroxyl groups excluding tert-OH is 1. The Morgan fingerprint density at radius 2 is 2.36 bits per heavy atom. The van der Waals surface area contributed by atoms with Gasteiger partial charge in [-0.2, -0.15) is 0 Å². The average Bonchev–Trinajstić information content (AvgIpc) is 2.33. The Kier molecular flexibility index (Phi) is 1.50. The van der Waals surface area contributed by atoms with Crippen LogP contribution in [0.1, 0.15) is 30.1 Å². The molecule has 0 amide bonds. The predicted octanol–water partition coefficient (Wildman–Crippen LogP) is 1.83. The van der Waals surface area contributed by atoms with Crippen molar-refractivity contribution in [3.8, 4) is 0 Å². The minimum atomic E-state index is -0.166. The Bertz CT molecular complexity index is 252. The van der Waals surface area contributed by atoms with Crippen molar-refractivity contribution in [3.63, 3.8) is 0 Å². The van der Waals surface area contributed by atoms with Gasteiger partial charge in [0, 0.05) is 5.92 Å². The fourth-order valence-electron chi connectivity index (χ4n) is 1.46. The van der Waals surface area contributed by atoms with Gasteiger partial charge in [0.2, 0.25) is 0 Å². The SMILES string of the molecule is Cc1coc(C2CCC2O)c1. The van der Waals surface area contributed by atoms with E-state index in [-0.39, 0.29) is 12.0 Å². The largest absolute Gasteiger partial charge is 0.469 e. The molecule has 2 rings (SSSR count). The van der Waals surface area contributed by atoms with E-state index in [2.05, 4.69) is 0 Å². The summed E-state index contributed by atoms with van der Waals surface area (Å²) >= 11 is 0. The summed E-state index contributed by atoms with van der Waals surface area (Å²) in [6.07, 6.45) is 3.55. The number of furan rings is 1. The van der Waals surface area contributed by atoms with Crippen LogP contribution < -0.4 is 0 Å². The van der Waals surface area contributed by atoms with Gasteiger partial charge in [0.15, 0.2) is 0 Å². The second kappa shape index (κ2) is 2.38. The monoisotopic (exact) mass is 152 g/mol. The van der Waals surface area contributed by atoms with Crippen molar-refractivity contribution in [1.82, 2.24) is 0 Å². The molecule has 2 atom stereocenters. The summed E-state index contributed by atoms with van der Waals surface area (Å²) in [5.74, 6) is 1.21. The molecule has 0 bridgehead atoms. The summed E-state index contributed by atoms with van der Waals surface area (Å²) in [7, 11) is 0. The Morgan fingerprint density at radius 1 is 1.55 bits per heavy atom. The van der Waals surface area contributed by atoms with E-state index in [1.165, 1.54) is 0 Å². The smallest absolute Gasteiger partial charge is 0.109 e. The van der Waals surface area contributed by atoms with Crippen LogP contribution in [0.4, 0.5) is 0 Å². The summed E-state index contributed by atoms with van der Waals surface area (Å²) in [6.45, 7) is 2.00. The molecular formula is C9H12O2. The third-order valence-corrected chi connectivity index (χ3v) is 2.35. The third-order valence-electron chi connectivity index (χ3n) is 2.35. The summed E-state index contributed by atoms with van der Waals surface area (Å²) < 4.78 is 5.28. The minimum absolute atomic E-state index is 0.166. The second-order valence-corrected chi connectivity index (χ2v) is 3.28. The van der Waals surface area contributed by atoms with E-state index in [1.807, 2.05) is 13.0 Å². The van der Waals surface area contributed by atoms with Crippen LogP contribution in [0.25, 0.3) is 0 Å². The van der Waals surface area contributed by atoms with Gasteiger partial charge in [0.25, 0.3) is 0 Å². The van der Waals surface area contributed by atoms with Crippen LogP contribution in [0.15, 0.2) is 16.7 Å². The highest BCUT2D eigenvalue weighted by molar-refractivity contribution is 5.17. The zero-order valence-corrected chi connectivity index (χ0v) is 6.58. The highest BCUT2D eigenvalue weighted by Crippen LogP contribution is 2.37. The number of aliphatic hydroxyl groups is 1. The maximum atomic E-state index is 9.31. The van der Waals surface area contributed by atoms with E-state index in [9.17, 15) is 5.11 Å². The van der Waals surface area contributed by atoms with Gasteiger partial charge >= 0.3 is 0 Å². The molecule has 0 saturated heterocycles. The van der Waals surface area contributed by atoms with Crippen molar-refractivity contribution in [2.45, 2.75) is 31.8 Å². The number of rotatable bonds is 1. The Morgan fingerprint density at radius 3 is 2.73 bits per heavy atom. The van der Waals surface area contributed by atoms with E-state index in [4.69, 9.17) is 4.42 Å². The lowest BCUT2D eigenvalue weighted by atomic mass is 9.80. The summed E-state index contributed by atoms with van der Waals surface area (Å²) in [6, 6.07) is 2.01. The van der Waals surface area contributed by atoms with E-state index < -0.39 is 0 Å². The van der Waals surface area contributed by atoms with E-state index in [0.29, 0.717) is 0 Å². The lowest BCUT2D eigenvalue weighted by Gasteiger charge is -2.30. The van der Waals surface area contributed by atoms with Crippen molar-refractivity contribution in [2.75, 3.05) is 0 Å². The quantitative estimate of drug-likeness (QED) is 0.666. The van der Waals surface area contributed by atoms with E-state index >= 15 is 0 Å². The normalized spacial score (nSPS) is 30.0. The van der Waals surface area contributed by atoms with Gasteiger partial charge in [0.05, 0.1) is 12.4 Å². The second-order valence-electron chi connectivity index (χ2n) is 3.28. The lowest BCUT2D eigenvalue weighted by molar-refractivity contribution is 0.0560. The van der Waals surface area contributed by atoms with Crippen molar-refractivity contribution < 1.29 is 9.52 Å². The molecule has 1 aliphatic carbocycles. The zero-order chi connectivity index (χ0) is 7.84. The Labute approximate surface area is 65.8 Å². The molecule has 2 heteroatoms. The van der Waals surface area contributed by atoms with Gasteiger partial charge < -0.3 is 9.52 Å². The summed E-state index contributed by atoms with van der Waals surface area (Å²) in [5.41, 5.74) is 1.14. The molecule has 0 spiro atoms. The standard InChI is InChI=1S/C9H12O2/c1-6-4-9(11-5-6)7-2-3-8(7)10/h4-5,7-8,10H,2-3H2,1H3. The Balaban J connectivity index is 2.16. The van der Waals surface area contributed by atoms with Crippen LogP contribution in [0.3, 0.4) is 0 Å². The molecule has 1 aliphatic rings. The van der Waals surface area contributed by atoms with Crippen molar-refractivity contribution >= 4 is 0 Å². The third kappa shape index (κ3) is 1.07. The van der Waals surface area contributed by atoms with Crippen molar-refractivity contribution in [3.05, 3.63) is 23.7 Å². The highest BCUT2D eigenvalue weighted by atomic mass is 16.3. The van der Waals surface area contributed by atoms with Gasteiger partial charge in [-0.15, -0.1) is 0 Å². The van der Waals surface area contributed by atoms with Crippen LogP contribution in [0, 0.1) is 6.92 Å². The molecule has 11 heavy (non-hydrogen) atoms. The molecule has 1 heterocycles. The van der Waals surface area contributed by atoms with E-state index in [1.54, 1.807) is 6.26 Å². The first-order valence-electron chi connectivity index (χ1n) is 4.00. The number of hydrogen-bond acceptors (Lipinski definition) is 2. The van der Waals surface area contributed by atoms with Crippen LogP contribution in [0.5, 0.6) is 0 Å². The highest BCUT2D eigenvalue weighted by Gasteiger charge is 2.32. The van der Waals surface area contributed by atoms with Crippen molar-refractivity contribution in [1.29, 1.82) is 0 Å². The predicted molar refractivity (Wildman–Crippen MR) is 41.4 cm³/mol. The van der Waals surface area contributed by atoms with E-state index in [0.717, 1.165) is 24.2 Å². The van der Waals surface area contributed by atoms with Gasteiger partial charge in [-0.05, 0) is 31.4 Å². The molecule has 0 aromatic carbocycles. The maximum absolute atomic E-state index is 9.31. The zero-order valence-electron chi connectivity index (χ0n) is 6.58. The molecule has 1 fully saturated rings. The first kappa shape index (κ1) is 6.92. The van der Waals surface area contributed by atoms with Crippen molar-refractivity contribution in [2.24, 2.45) is 0 Å². The number of hydrogen-bond donors (Lipinski definition) is 1. The molecule has 1 N–H and O–H groups in total. The van der Waals surface area contributed by atoms with Crippen LogP contribution in [0.2, 0.25) is 0 Å². The van der Waals surface area contributed by atoms with Gasteiger partial charge in [-0.3, -0.25) is 0 Å².